The minimum Gasteiger partial charge on any atom is -0.256 e. The summed E-state index contributed by atoms with van der Waals surface area (Å²) < 4.78 is 28.7. The topological polar surface area (TPSA) is 38.7 Å². The van der Waals surface area contributed by atoms with Gasteiger partial charge in [0.25, 0.3) is 0 Å². The highest BCUT2D eigenvalue weighted by Crippen LogP contribution is 2.41. The molecule has 0 saturated heterocycles. The summed E-state index contributed by atoms with van der Waals surface area (Å²) in [5.41, 5.74) is 18.1. The zero-order valence-electron chi connectivity index (χ0n) is 36.3. The molecule has 0 atom stereocenters. The summed E-state index contributed by atoms with van der Waals surface area (Å²) in [5, 5.41) is 0. The van der Waals surface area contributed by atoms with Gasteiger partial charge in [-0.05, 0) is 112 Å². The van der Waals surface area contributed by atoms with Crippen molar-refractivity contribution in [3.63, 3.8) is 0 Å². The highest BCUT2D eigenvalue weighted by atomic mass is 19.1. The normalized spacial score (nSPS) is 11.1. The van der Waals surface area contributed by atoms with Crippen LogP contribution in [0, 0.1) is 11.6 Å². The van der Waals surface area contributed by atoms with Gasteiger partial charge in [-0.3, -0.25) is 15.0 Å². The van der Waals surface area contributed by atoms with Crippen molar-refractivity contribution in [3.05, 3.63) is 259 Å². The Morgan fingerprint density at radius 3 is 1.26 bits per heavy atom. The number of aryl methyl sites for hydroxylation is 4. The Labute approximate surface area is 384 Å². The molecule has 318 valence electrons. The van der Waals surface area contributed by atoms with Crippen LogP contribution >= 0.6 is 0 Å². The Morgan fingerprint density at radius 2 is 0.742 bits per heavy atom. The van der Waals surface area contributed by atoms with Crippen molar-refractivity contribution in [1.29, 1.82) is 0 Å². The summed E-state index contributed by atoms with van der Waals surface area (Å²) in [7, 11) is 0. The third kappa shape index (κ3) is 9.52. The Hall–Kier alpha value is -8.15. The van der Waals surface area contributed by atoms with Gasteiger partial charge in [0.05, 0.1) is 17.1 Å². The number of hydrogen-bond donors (Lipinski definition) is 0. The molecule has 10 rings (SSSR count). The van der Waals surface area contributed by atoms with Crippen LogP contribution < -0.4 is 0 Å². The summed E-state index contributed by atoms with van der Waals surface area (Å²) in [5.74, 6) is -1.19. The predicted octanol–water partition coefficient (Wildman–Crippen LogP) is 15.4. The number of halogens is 2. The van der Waals surface area contributed by atoms with E-state index in [1.807, 2.05) is 97.5 Å². The largest absolute Gasteiger partial charge is 0.256 e. The highest BCUT2D eigenvalue weighted by Gasteiger charge is 2.17. The molecule has 0 aliphatic rings. The molecular formula is C61H45F2N3. The highest BCUT2D eigenvalue weighted by molar-refractivity contribution is 5.93. The average Bonchev–Trinajstić information content (AvgIpc) is 3.38. The minimum absolute atomic E-state index is 0.352. The molecule has 3 aromatic heterocycles. The van der Waals surface area contributed by atoms with Gasteiger partial charge in [-0.15, -0.1) is 0 Å². The molecule has 0 radical (unpaired) electrons. The number of benzene rings is 7. The second-order valence-corrected chi connectivity index (χ2v) is 16.6. The van der Waals surface area contributed by atoms with E-state index in [9.17, 15) is 8.78 Å². The maximum atomic E-state index is 14.9. The number of hydrogen-bond acceptors (Lipinski definition) is 3. The maximum Gasteiger partial charge on any atom is 0.133 e. The quantitative estimate of drug-likeness (QED) is 0.116. The molecule has 0 aliphatic carbocycles. The van der Waals surface area contributed by atoms with Gasteiger partial charge in [-0.25, -0.2) is 8.78 Å². The number of nitrogens with zero attached hydrogens (tertiary/aromatic N) is 3. The maximum absolute atomic E-state index is 14.9. The van der Waals surface area contributed by atoms with Crippen molar-refractivity contribution in [2.75, 3.05) is 0 Å². The summed E-state index contributed by atoms with van der Waals surface area (Å²) in [6.45, 7) is 0. The van der Waals surface area contributed by atoms with Gasteiger partial charge in [-0.2, -0.15) is 0 Å². The van der Waals surface area contributed by atoms with E-state index in [0.717, 1.165) is 98.9 Å². The van der Waals surface area contributed by atoms with Crippen LogP contribution in [0.4, 0.5) is 8.78 Å². The first kappa shape index (κ1) is 41.8. The van der Waals surface area contributed by atoms with Gasteiger partial charge in [-0.1, -0.05) is 170 Å². The Kier molecular flexibility index (Phi) is 12.2. The molecule has 7 aromatic carbocycles. The lowest BCUT2D eigenvalue weighted by atomic mass is 9.87. The smallest absolute Gasteiger partial charge is 0.133 e. The second kappa shape index (κ2) is 19.3. The van der Waals surface area contributed by atoms with Crippen molar-refractivity contribution in [2.24, 2.45) is 0 Å². The fraction of sp³-hybridized carbons (Fsp3) is 0.0656. The van der Waals surface area contributed by atoms with Crippen LogP contribution in [0.2, 0.25) is 0 Å². The SMILES string of the molecule is Fc1ccc(-c2ccc(-c3cc(-c4ccccc4)ncc3-c3ccccc3-c3cc(CCc4ccc(-c5ccccc5)nc4)cc(CCc4ccc(-c5ccccc5)nc4)c3)cc2)c(F)c1. The molecule has 0 saturated carbocycles. The third-order valence-corrected chi connectivity index (χ3v) is 12.2. The van der Waals surface area contributed by atoms with Gasteiger partial charge in [0.2, 0.25) is 0 Å². The zero-order chi connectivity index (χ0) is 44.7. The summed E-state index contributed by atoms with van der Waals surface area (Å²) in [4.78, 5) is 14.7. The molecule has 0 fully saturated rings. The number of pyridine rings is 3. The van der Waals surface area contributed by atoms with Crippen molar-refractivity contribution in [3.8, 4) is 78.3 Å². The van der Waals surface area contributed by atoms with E-state index in [0.29, 0.717) is 11.1 Å². The molecule has 3 nitrogen and oxygen atoms in total. The molecule has 66 heavy (non-hydrogen) atoms. The van der Waals surface area contributed by atoms with Crippen LogP contribution in [0.1, 0.15) is 22.3 Å². The lowest BCUT2D eigenvalue weighted by Crippen LogP contribution is -1.99. The van der Waals surface area contributed by atoms with Crippen LogP contribution in [0.5, 0.6) is 0 Å². The van der Waals surface area contributed by atoms with Crippen molar-refractivity contribution in [2.45, 2.75) is 25.7 Å². The van der Waals surface area contributed by atoms with Gasteiger partial charge < -0.3 is 0 Å². The molecule has 0 unspecified atom stereocenters. The summed E-state index contributed by atoms with van der Waals surface area (Å²) >= 11 is 0. The van der Waals surface area contributed by atoms with Crippen molar-refractivity contribution in [1.82, 2.24) is 15.0 Å². The fourth-order valence-corrected chi connectivity index (χ4v) is 8.69. The van der Waals surface area contributed by atoms with Crippen LogP contribution in [0.15, 0.2) is 225 Å². The van der Waals surface area contributed by atoms with Gasteiger partial charge in [0.15, 0.2) is 0 Å². The van der Waals surface area contributed by atoms with E-state index >= 15 is 0 Å². The number of rotatable bonds is 13. The Morgan fingerprint density at radius 1 is 0.273 bits per heavy atom. The first-order valence-corrected chi connectivity index (χ1v) is 22.4. The van der Waals surface area contributed by atoms with Crippen LogP contribution in [0.3, 0.4) is 0 Å². The van der Waals surface area contributed by atoms with E-state index in [1.165, 1.54) is 34.4 Å². The van der Waals surface area contributed by atoms with Gasteiger partial charge in [0, 0.05) is 52.5 Å². The van der Waals surface area contributed by atoms with E-state index < -0.39 is 11.6 Å². The third-order valence-electron chi connectivity index (χ3n) is 12.2. The van der Waals surface area contributed by atoms with Gasteiger partial charge >= 0.3 is 0 Å². The van der Waals surface area contributed by atoms with E-state index in [1.54, 1.807) is 0 Å². The molecule has 5 heteroatoms. The minimum atomic E-state index is -0.601. The molecule has 0 amide bonds. The first-order valence-electron chi connectivity index (χ1n) is 22.4. The molecular weight excluding hydrogens is 813 g/mol. The van der Waals surface area contributed by atoms with Crippen molar-refractivity contribution >= 4 is 0 Å². The molecule has 0 N–H and O–H groups in total. The van der Waals surface area contributed by atoms with Crippen LogP contribution in [0.25, 0.3) is 78.3 Å². The lowest BCUT2D eigenvalue weighted by Gasteiger charge is -2.18. The summed E-state index contributed by atoms with van der Waals surface area (Å²) in [6.07, 6.45) is 9.39. The Bertz CT molecular complexity index is 3120. The van der Waals surface area contributed by atoms with Crippen LogP contribution in [-0.4, -0.2) is 15.0 Å². The van der Waals surface area contributed by atoms with E-state index in [-0.39, 0.29) is 0 Å². The monoisotopic (exact) mass is 857 g/mol. The lowest BCUT2D eigenvalue weighted by molar-refractivity contribution is 0.585. The van der Waals surface area contributed by atoms with E-state index in [4.69, 9.17) is 15.0 Å². The molecule has 0 bridgehead atoms. The second-order valence-electron chi connectivity index (χ2n) is 16.6. The Balaban J connectivity index is 1.02. The standard InChI is InChI=1S/C61H45F2N3/c62-52-30-31-54(58(63)37-52)46-26-28-47(29-27-46)56-38-61(50-16-8-3-9-17-50)66-41-57(56)55-19-11-10-18-53(55)51-35-44(22-20-42-24-32-59(64-39-42)48-12-4-1-5-13-48)34-45(36-51)23-21-43-25-33-60(65-40-43)49-14-6-2-7-15-49/h1-19,24-41H,20-23H2. The van der Waals surface area contributed by atoms with Crippen molar-refractivity contribution < 1.29 is 8.78 Å². The first-order chi connectivity index (χ1) is 32.5. The van der Waals surface area contributed by atoms with Crippen LogP contribution in [-0.2, 0) is 25.7 Å². The molecule has 3 heterocycles. The molecule has 10 aromatic rings. The molecule has 0 aliphatic heterocycles. The van der Waals surface area contributed by atoms with Gasteiger partial charge in [0.1, 0.15) is 11.6 Å². The summed E-state index contributed by atoms with van der Waals surface area (Å²) in [6, 6.07) is 68.6. The fourth-order valence-electron chi connectivity index (χ4n) is 8.69. The number of aromatic nitrogens is 3. The predicted molar refractivity (Wildman–Crippen MR) is 265 cm³/mol. The zero-order valence-corrected chi connectivity index (χ0v) is 36.3. The van der Waals surface area contributed by atoms with E-state index in [2.05, 4.69) is 109 Å². The molecule has 0 spiro atoms. The average molecular weight is 858 g/mol.